The van der Waals surface area contributed by atoms with Crippen molar-refractivity contribution in [2.24, 2.45) is 0 Å². The van der Waals surface area contributed by atoms with E-state index < -0.39 is 0 Å². The Balaban J connectivity index is 0.00000387. The number of aromatic nitrogens is 4. The third-order valence-corrected chi connectivity index (χ3v) is 8.97. The molecule has 0 amide bonds. The number of nitrogens with one attached hydrogen (secondary N) is 2. The minimum atomic E-state index is 0. The van der Waals surface area contributed by atoms with Gasteiger partial charge in [0, 0.05) is 22.1 Å². The fourth-order valence-corrected chi connectivity index (χ4v) is 7.10. The molecule has 0 saturated heterocycles. The molecule has 5 heterocycles. The molecule has 0 saturated carbocycles. The van der Waals surface area contributed by atoms with Gasteiger partial charge in [-0.25, -0.2) is 9.97 Å². The van der Waals surface area contributed by atoms with Crippen LogP contribution < -0.4 is 0 Å². The van der Waals surface area contributed by atoms with Crippen molar-refractivity contribution in [3.63, 3.8) is 0 Å². The Morgan fingerprint density at radius 2 is 0.659 bits per heavy atom. The van der Waals surface area contributed by atoms with Crippen molar-refractivity contribution in [2.45, 2.75) is 107 Å². The van der Waals surface area contributed by atoms with Crippen LogP contribution in [0.2, 0.25) is 0 Å². The zero-order valence-electron chi connectivity index (χ0n) is 26.2. The van der Waals surface area contributed by atoms with E-state index in [2.05, 4.69) is 89.6 Å². The van der Waals surface area contributed by atoms with Gasteiger partial charge >= 0.3 is 19.5 Å². The smallest absolute Gasteiger partial charge is 0.355 e. The third-order valence-electron chi connectivity index (χ3n) is 8.97. The number of allylic oxidation sites excluding steroid dienone is 4. The normalized spacial score (nSPS) is 13.3. The Kier molecular flexibility index (Phi) is 9.90. The van der Waals surface area contributed by atoms with Gasteiger partial charge in [0.2, 0.25) is 0 Å². The minimum Gasteiger partial charge on any atom is -0.355 e. The van der Waals surface area contributed by atoms with Crippen LogP contribution in [0.25, 0.3) is 44.4 Å². The summed E-state index contributed by atoms with van der Waals surface area (Å²) in [5.41, 5.74) is 20.2. The van der Waals surface area contributed by atoms with Crippen LogP contribution >= 0.6 is 0 Å². The molecular formula is C36H46N4Ru+2. The van der Waals surface area contributed by atoms with Gasteiger partial charge < -0.3 is 9.97 Å². The first-order chi connectivity index (χ1) is 19.5. The van der Waals surface area contributed by atoms with E-state index in [0.717, 1.165) is 74.1 Å². The summed E-state index contributed by atoms with van der Waals surface area (Å²) in [7, 11) is 0. The quantitative estimate of drug-likeness (QED) is 0.242. The van der Waals surface area contributed by atoms with Gasteiger partial charge in [0.05, 0.1) is 22.8 Å². The van der Waals surface area contributed by atoms with E-state index in [1.54, 1.807) is 0 Å². The van der Waals surface area contributed by atoms with Crippen molar-refractivity contribution in [3.8, 4) is 0 Å². The molecule has 2 N–H and O–H groups in total. The molecule has 216 valence electrons. The fourth-order valence-electron chi connectivity index (χ4n) is 7.10. The first-order valence-corrected chi connectivity index (χ1v) is 15.7. The summed E-state index contributed by atoms with van der Waals surface area (Å²) in [6.45, 7) is 18.1. The first kappa shape index (κ1) is 31.2. The maximum Gasteiger partial charge on any atom is 2.00 e. The van der Waals surface area contributed by atoms with Crippen LogP contribution in [0.1, 0.15) is 126 Å². The SMILES string of the molecule is CCC1=C(CC)c2cc3[nH]c(cc4[nH]c(cc5nc(cc1n2)C(CC)=C5CC)c(CC)c4CC)c(CC)c3CC.[Ru+2]. The van der Waals surface area contributed by atoms with Crippen LogP contribution in [0.15, 0.2) is 24.3 Å². The van der Waals surface area contributed by atoms with Crippen molar-refractivity contribution >= 4 is 44.4 Å². The van der Waals surface area contributed by atoms with Crippen LogP contribution in [0.4, 0.5) is 0 Å². The van der Waals surface area contributed by atoms with E-state index in [4.69, 9.17) is 9.97 Å². The second kappa shape index (κ2) is 13.0. The molecule has 2 aliphatic rings. The molecule has 0 aliphatic carbocycles. The predicted molar refractivity (Wildman–Crippen MR) is 173 cm³/mol. The Morgan fingerprint density at radius 3 is 0.927 bits per heavy atom. The number of H-pyrrole nitrogens is 2. The summed E-state index contributed by atoms with van der Waals surface area (Å²) in [6.07, 6.45) is 7.84. The summed E-state index contributed by atoms with van der Waals surface area (Å²) < 4.78 is 0. The van der Waals surface area contributed by atoms with Crippen molar-refractivity contribution in [3.05, 3.63) is 69.3 Å². The summed E-state index contributed by atoms with van der Waals surface area (Å²) in [5.74, 6) is 0. The molecular weight excluding hydrogens is 589 g/mol. The standard InChI is InChI=1S/C36H46N4.Ru/c1-9-21-22(10-2)30-18-32-25(13-5)26(14-6)34(39-32)20-36-28(16-8)27(15-7)35(40-36)19-33-24(12-4)23(11-3)31(38-33)17-29(21)37-30;/h17-20,37-38H,9-16H2,1-8H3;/q;+2. The molecule has 0 unspecified atom stereocenters. The van der Waals surface area contributed by atoms with E-state index in [0.29, 0.717) is 0 Å². The summed E-state index contributed by atoms with van der Waals surface area (Å²) in [4.78, 5) is 18.2. The molecule has 3 aromatic rings. The van der Waals surface area contributed by atoms with Crippen LogP contribution in [0.3, 0.4) is 0 Å². The van der Waals surface area contributed by atoms with Gasteiger partial charge in [-0.2, -0.15) is 0 Å². The Labute approximate surface area is 259 Å². The average molecular weight is 636 g/mol. The van der Waals surface area contributed by atoms with Gasteiger partial charge in [0.15, 0.2) is 0 Å². The maximum absolute atomic E-state index is 5.28. The molecule has 0 radical (unpaired) electrons. The summed E-state index contributed by atoms with van der Waals surface area (Å²) in [6, 6.07) is 9.24. The maximum atomic E-state index is 5.28. The third kappa shape index (κ3) is 5.31. The molecule has 5 rings (SSSR count). The molecule has 0 atom stereocenters. The van der Waals surface area contributed by atoms with Crippen LogP contribution in [-0.2, 0) is 45.2 Å². The number of aromatic amines is 2. The first-order valence-electron chi connectivity index (χ1n) is 15.7. The van der Waals surface area contributed by atoms with Gasteiger partial charge in [-0.1, -0.05) is 55.4 Å². The van der Waals surface area contributed by atoms with Crippen LogP contribution in [0, 0.1) is 0 Å². The molecule has 8 bridgehead atoms. The van der Waals surface area contributed by atoms with Crippen LogP contribution in [-0.4, -0.2) is 19.9 Å². The van der Waals surface area contributed by atoms with Gasteiger partial charge in [-0.3, -0.25) is 0 Å². The van der Waals surface area contributed by atoms with E-state index in [9.17, 15) is 0 Å². The fraction of sp³-hybridized carbons (Fsp3) is 0.444. The Bertz CT molecular complexity index is 1560. The second-order valence-corrected chi connectivity index (χ2v) is 10.9. The zero-order valence-corrected chi connectivity index (χ0v) is 28.0. The van der Waals surface area contributed by atoms with Crippen LogP contribution in [0.5, 0.6) is 0 Å². The van der Waals surface area contributed by atoms with E-state index in [1.165, 1.54) is 66.6 Å². The summed E-state index contributed by atoms with van der Waals surface area (Å²) in [5, 5.41) is 0. The van der Waals surface area contributed by atoms with E-state index in [1.807, 2.05) is 0 Å². The van der Waals surface area contributed by atoms with Gasteiger partial charge in [-0.15, -0.1) is 0 Å². The molecule has 0 spiro atoms. The van der Waals surface area contributed by atoms with Gasteiger partial charge in [0.1, 0.15) is 0 Å². The Hall–Kier alpha value is -2.78. The van der Waals surface area contributed by atoms with Gasteiger partial charge in [0.25, 0.3) is 0 Å². The number of rotatable bonds is 8. The van der Waals surface area contributed by atoms with Crippen molar-refractivity contribution in [1.29, 1.82) is 0 Å². The Morgan fingerprint density at radius 1 is 0.390 bits per heavy atom. The van der Waals surface area contributed by atoms with Crippen molar-refractivity contribution < 1.29 is 19.5 Å². The van der Waals surface area contributed by atoms with Crippen molar-refractivity contribution in [1.82, 2.24) is 19.9 Å². The molecule has 0 fully saturated rings. The topological polar surface area (TPSA) is 57.4 Å². The molecule has 0 aromatic carbocycles. The average Bonchev–Trinajstić information content (AvgIpc) is 3.67. The molecule has 2 aliphatic heterocycles. The molecule has 5 heteroatoms. The number of hydrogen-bond acceptors (Lipinski definition) is 2. The second-order valence-electron chi connectivity index (χ2n) is 10.9. The molecule has 3 aromatic heterocycles. The number of fused-ring (bicyclic) bond motifs is 8. The molecule has 41 heavy (non-hydrogen) atoms. The van der Waals surface area contributed by atoms with Crippen molar-refractivity contribution in [2.75, 3.05) is 0 Å². The minimum absolute atomic E-state index is 0. The predicted octanol–water partition coefficient (Wildman–Crippen LogP) is 10.0. The van der Waals surface area contributed by atoms with E-state index >= 15 is 0 Å². The zero-order chi connectivity index (χ0) is 28.6. The number of nitrogens with zero attached hydrogens (tertiary/aromatic N) is 2. The monoisotopic (exact) mass is 636 g/mol. The van der Waals surface area contributed by atoms with Gasteiger partial charge in [-0.05, 0) is 120 Å². The number of aryl methyl sites for hydroxylation is 4. The largest absolute Gasteiger partial charge is 2.00 e. The van der Waals surface area contributed by atoms with E-state index in [-0.39, 0.29) is 19.5 Å². The molecule has 4 nitrogen and oxygen atoms in total. The number of hydrogen-bond donors (Lipinski definition) is 2. The summed E-state index contributed by atoms with van der Waals surface area (Å²) >= 11 is 0.